The van der Waals surface area contributed by atoms with Crippen LogP contribution in [0.1, 0.15) is 24.2 Å². The van der Waals surface area contributed by atoms with Crippen molar-refractivity contribution in [3.05, 3.63) is 42.5 Å². The normalized spacial score (nSPS) is 10.6. The highest BCUT2D eigenvalue weighted by Crippen LogP contribution is 2.11. The Morgan fingerprint density at radius 2 is 2.14 bits per heavy atom. The molecule has 21 heavy (non-hydrogen) atoms. The molecular weight excluding hydrogens is 272 g/mol. The maximum Gasteiger partial charge on any atom is 0.323 e. The summed E-state index contributed by atoms with van der Waals surface area (Å²) in [6.07, 6.45) is 6.26. The number of carboxylic acids is 1. The molecular formula is C14H16N4O3. The zero-order chi connectivity index (χ0) is 15.4. The highest BCUT2D eigenvalue weighted by Gasteiger charge is 2.22. The summed E-state index contributed by atoms with van der Waals surface area (Å²) in [5.74, 6) is -1.40. The number of carbonyl (C=O) groups is 2. The molecule has 7 nitrogen and oxygen atoms in total. The van der Waals surface area contributed by atoms with Crippen LogP contribution in [0.5, 0.6) is 0 Å². The van der Waals surface area contributed by atoms with Crippen LogP contribution in [0.3, 0.4) is 0 Å². The second-order valence-electron chi connectivity index (χ2n) is 4.81. The van der Waals surface area contributed by atoms with E-state index in [1.165, 1.54) is 15.8 Å². The molecule has 0 spiro atoms. The van der Waals surface area contributed by atoms with E-state index in [2.05, 4.69) is 10.1 Å². The lowest BCUT2D eigenvalue weighted by atomic mass is 10.2. The minimum atomic E-state index is -1.04. The fourth-order valence-corrected chi connectivity index (χ4v) is 1.86. The molecule has 0 saturated heterocycles. The number of hydrogen-bond donors (Lipinski definition) is 1. The van der Waals surface area contributed by atoms with Gasteiger partial charge in [-0.3, -0.25) is 14.6 Å². The van der Waals surface area contributed by atoms with E-state index in [0.717, 1.165) is 5.69 Å². The maximum atomic E-state index is 12.4. The van der Waals surface area contributed by atoms with Gasteiger partial charge in [-0.1, -0.05) is 0 Å². The molecule has 0 saturated carbocycles. The van der Waals surface area contributed by atoms with Crippen LogP contribution in [0.15, 0.2) is 36.9 Å². The van der Waals surface area contributed by atoms with Gasteiger partial charge in [-0.2, -0.15) is 5.10 Å². The third-order valence-corrected chi connectivity index (χ3v) is 2.93. The summed E-state index contributed by atoms with van der Waals surface area (Å²) in [7, 11) is 0. The number of aliphatic carboxylic acids is 1. The molecule has 2 aromatic heterocycles. The van der Waals surface area contributed by atoms with Crippen LogP contribution in [0.2, 0.25) is 0 Å². The SMILES string of the molecule is CC(C)N(CC(=O)O)C(=O)c1cnn(-c2cccnc2)c1. The lowest BCUT2D eigenvalue weighted by Gasteiger charge is -2.24. The first-order chi connectivity index (χ1) is 9.99. The van der Waals surface area contributed by atoms with Crippen LogP contribution < -0.4 is 0 Å². The molecule has 0 aromatic carbocycles. The quantitative estimate of drug-likeness (QED) is 0.893. The second-order valence-corrected chi connectivity index (χ2v) is 4.81. The zero-order valence-corrected chi connectivity index (χ0v) is 11.8. The van der Waals surface area contributed by atoms with E-state index in [-0.39, 0.29) is 18.5 Å². The van der Waals surface area contributed by atoms with Crippen LogP contribution in [0.25, 0.3) is 5.69 Å². The van der Waals surface area contributed by atoms with Crippen LogP contribution in [0.4, 0.5) is 0 Å². The van der Waals surface area contributed by atoms with Crippen molar-refractivity contribution in [1.82, 2.24) is 19.7 Å². The van der Waals surface area contributed by atoms with E-state index < -0.39 is 5.97 Å². The van der Waals surface area contributed by atoms with Crippen LogP contribution in [0, 0.1) is 0 Å². The van der Waals surface area contributed by atoms with Crippen molar-refractivity contribution in [2.75, 3.05) is 6.54 Å². The molecule has 0 aliphatic heterocycles. The van der Waals surface area contributed by atoms with Gasteiger partial charge in [0.2, 0.25) is 0 Å². The predicted octanol–water partition coefficient (Wildman–Crippen LogP) is 1.20. The fourth-order valence-electron chi connectivity index (χ4n) is 1.86. The summed E-state index contributed by atoms with van der Waals surface area (Å²) in [6, 6.07) is 3.37. The molecule has 7 heteroatoms. The largest absolute Gasteiger partial charge is 0.480 e. The number of carboxylic acid groups (broad SMARTS) is 1. The Morgan fingerprint density at radius 3 is 2.71 bits per heavy atom. The third kappa shape index (κ3) is 3.44. The molecule has 2 aromatic rings. The van der Waals surface area contributed by atoms with Gasteiger partial charge in [-0.15, -0.1) is 0 Å². The van der Waals surface area contributed by atoms with Crippen LogP contribution in [-0.4, -0.2) is 49.2 Å². The molecule has 0 aliphatic carbocycles. The van der Waals surface area contributed by atoms with Gasteiger partial charge in [0, 0.05) is 18.4 Å². The Hall–Kier alpha value is -2.70. The first-order valence-corrected chi connectivity index (χ1v) is 6.47. The van der Waals surface area contributed by atoms with E-state index in [1.807, 2.05) is 6.07 Å². The van der Waals surface area contributed by atoms with Gasteiger partial charge < -0.3 is 10.0 Å². The smallest absolute Gasteiger partial charge is 0.323 e. The first-order valence-electron chi connectivity index (χ1n) is 6.47. The fraction of sp³-hybridized carbons (Fsp3) is 0.286. The molecule has 0 radical (unpaired) electrons. The summed E-state index contributed by atoms with van der Waals surface area (Å²) in [5, 5.41) is 13.0. The molecule has 1 N–H and O–H groups in total. The van der Waals surface area contributed by atoms with Crippen molar-refractivity contribution in [3.63, 3.8) is 0 Å². The number of rotatable bonds is 5. The first kappa shape index (κ1) is 14.7. The number of hydrogen-bond acceptors (Lipinski definition) is 4. The average Bonchev–Trinajstić information content (AvgIpc) is 2.94. The lowest BCUT2D eigenvalue weighted by Crippen LogP contribution is -2.40. The van der Waals surface area contributed by atoms with Crippen LogP contribution in [-0.2, 0) is 4.79 Å². The summed E-state index contributed by atoms with van der Waals surface area (Å²) in [4.78, 5) is 28.5. The topological polar surface area (TPSA) is 88.3 Å². The Kier molecular flexibility index (Phi) is 4.32. The molecule has 1 amide bonds. The van der Waals surface area contributed by atoms with Gasteiger partial charge in [0.25, 0.3) is 5.91 Å². The number of pyridine rings is 1. The molecule has 2 rings (SSSR count). The Bertz CT molecular complexity index is 637. The van der Waals surface area contributed by atoms with Crippen LogP contribution >= 0.6 is 0 Å². The van der Waals surface area contributed by atoms with Crippen molar-refractivity contribution in [2.24, 2.45) is 0 Å². The summed E-state index contributed by atoms with van der Waals surface area (Å²) in [6.45, 7) is 3.20. The van der Waals surface area contributed by atoms with E-state index in [9.17, 15) is 9.59 Å². The maximum absolute atomic E-state index is 12.4. The standard InChI is InChI=1S/C14H16N4O3/c1-10(2)17(9-13(19)20)14(21)11-6-16-18(8-11)12-4-3-5-15-7-12/h3-8,10H,9H2,1-2H3,(H,19,20). The van der Waals surface area contributed by atoms with Gasteiger partial charge in [0.05, 0.1) is 23.6 Å². The zero-order valence-electron chi connectivity index (χ0n) is 11.8. The van der Waals surface area contributed by atoms with Gasteiger partial charge in [0.1, 0.15) is 6.54 Å². The van der Waals surface area contributed by atoms with E-state index in [0.29, 0.717) is 5.56 Å². The van der Waals surface area contributed by atoms with Gasteiger partial charge in [-0.25, -0.2) is 4.68 Å². The summed E-state index contributed by atoms with van der Waals surface area (Å²) < 4.78 is 1.53. The van der Waals surface area contributed by atoms with Crippen molar-refractivity contribution in [2.45, 2.75) is 19.9 Å². The van der Waals surface area contributed by atoms with Gasteiger partial charge in [0.15, 0.2) is 0 Å². The van der Waals surface area contributed by atoms with E-state index in [4.69, 9.17) is 5.11 Å². The highest BCUT2D eigenvalue weighted by molar-refractivity contribution is 5.95. The predicted molar refractivity (Wildman–Crippen MR) is 75.2 cm³/mol. The number of carbonyl (C=O) groups excluding carboxylic acids is 1. The van der Waals surface area contributed by atoms with E-state index in [1.54, 1.807) is 38.5 Å². The Morgan fingerprint density at radius 1 is 1.38 bits per heavy atom. The molecule has 0 aliphatic rings. The molecule has 0 bridgehead atoms. The molecule has 2 heterocycles. The minimum absolute atomic E-state index is 0.213. The van der Waals surface area contributed by atoms with Crippen molar-refractivity contribution in [1.29, 1.82) is 0 Å². The highest BCUT2D eigenvalue weighted by atomic mass is 16.4. The van der Waals surface area contributed by atoms with Crippen molar-refractivity contribution < 1.29 is 14.7 Å². The second kappa shape index (κ2) is 6.17. The van der Waals surface area contributed by atoms with Crippen molar-refractivity contribution >= 4 is 11.9 Å². The molecule has 0 fully saturated rings. The van der Waals surface area contributed by atoms with Crippen molar-refractivity contribution in [3.8, 4) is 5.69 Å². The number of amides is 1. The monoisotopic (exact) mass is 288 g/mol. The summed E-state index contributed by atoms with van der Waals surface area (Å²) in [5.41, 5.74) is 1.07. The molecule has 0 atom stereocenters. The molecule has 0 unspecified atom stereocenters. The van der Waals surface area contributed by atoms with E-state index >= 15 is 0 Å². The Labute approximate surface area is 121 Å². The number of nitrogens with zero attached hydrogens (tertiary/aromatic N) is 4. The third-order valence-electron chi connectivity index (χ3n) is 2.93. The Balaban J connectivity index is 2.23. The molecule has 110 valence electrons. The summed E-state index contributed by atoms with van der Waals surface area (Å²) >= 11 is 0. The van der Waals surface area contributed by atoms with Gasteiger partial charge >= 0.3 is 5.97 Å². The van der Waals surface area contributed by atoms with Gasteiger partial charge in [-0.05, 0) is 26.0 Å². The lowest BCUT2D eigenvalue weighted by molar-refractivity contribution is -0.138. The average molecular weight is 288 g/mol. The number of aromatic nitrogens is 3. The minimum Gasteiger partial charge on any atom is -0.480 e.